The van der Waals surface area contributed by atoms with Gasteiger partial charge in [0.05, 0.1) is 21.5 Å². The molecule has 2 aromatic heterocycles. The van der Waals surface area contributed by atoms with Gasteiger partial charge in [-0.25, -0.2) is 4.98 Å². The molecule has 0 radical (unpaired) electrons. The van der Waals surface area contributed by atoms with Crippen LogP contribution in [0, 0.1) is 0 Å². The molecule has 0 saturated carbocycles. The van der Waals surface area contributed by atoms with E-state index >= 15 is 0 Å². The van der Waals surface area contributed by atoms with E-state index in [2.05, 4.69) is 16.9 Å². The van der Waals surface area contributed by atoms with Crippen molar-refractivity contribution in [1.82, 2.24) is 14.9 Å². The number of rotatable bonds is 9. The molecule has 0 spiro atoms. The minimum atomic E-state index is -0.137. The normalized spacial score (nSPS) is 10.8. The third-order valence-corrected chi connectivity index (χ3v) is 6.31. The lowest BCUT2D eigenvalue weighted by atomic mass is 10.2. The molecule has 2 heterocycles. The number of nitrogens with zero attached hydrogens (tertiary/aromatic N) is 2. The standard InChI is InChI=1S/C21H21N3O3S2/c1-3-12-24-20(27)16-6-4-5-7-17(16)23-21(24)28-13-18(26)19-9-8-15(29-19)10-11-22-14(2)25/h3-9H,1,10-13H2,2H3,(H,22,25). The van der Waals surface area contributed by atoms with Crippen molar-refractivity contribution in [3.63, 3.8) is 0 Å². The molecule has 6 nitrogen and oxygen atoms in total. The number of carbonyl (C=O) groups is 2. The lowest BCUT2D eigenvalue weighted by Crippen LogP contribution is -2.23. The average molecular weight is 428 g/mol. The highest BCUT2D eigenvalue weighted by Gasteiger charge is 2.15. The Hall–Kier alpha value is -2.71. The maximum absolute atomic E-state index is 12.8. The van der Waals surface area contributed by atoms with Crippen LogP contribution in [0.5, 0.6) is 0 Å². The number of benzene rings is 1. The van der Waals surface area contributed by atoms with Crippen molar-refractivity contribution in [2.45, 2.75) is 25.0 Å². The van der Waals surface area contributed by atoms with Gasteiger partial charge in [0.25, 0.3) is 5.56 Å². The number of nitrogens with one attached hydrogen (secondary N) is 1. The molecule has 1 N–H and O–H groups in total. The molecule has 3 aromatic rings. The number of thiophene rings is 1. The van der Waals surface area contributed by atoms with Crippen molar-refractivity contribution in [2.75, 3.05) is 12.3 Å². The quantitative estimate of drug-likeness (QED) is 0.245. The van der Waals surface area contributed by atoms with Crippen LogP contribution in [0.2, 0.25) is 0 Å². The SMILES string of the molecule is C=CCn1c(SCC(=O)c2ccc(CCNC(C)=O)s2)nc2ccccc2c1=O. The zero-order valence-corrected chi connectivity index (χ0v) is 17.6. The Morgan fingerprint density at radius 3 is 2.83 bits per heavy atom. The van der Waals surface area contributed by atoms with Crippen LogP contribution in [-0.2, 0) is 17.8 Å². The van der Waals surface area contributed by atoms with E-state index in [1.807, 2.05) is 12.1 Å². The van der Waals surface area contributed by atoms with Crippen LogP contribution in [0.15, 0.2) is 59.0 Å². The van der Waals surface area contributed by atoms with Crippen LogP contribution in [0.25, 0.3) is 10.9 Å². The van der Waals surface area contributed by atoms with Crippen LogP contribution >= 0.6 is 23.1 Å². The molecule has 0 saturated heterocycles. The number of aromatic nitrogens is 2. The number of hydrogen-bond acceptors (Lipinski definition) is 6. The number of Topliss-reactive ketones (excluding diaryl/α,β-unsaturated/α-hetero) is 1. The molecule has 150 valence electrons. The summed E-state index contributed by atoms with van der Waals surface area (Å²) in [6, 6.07) is 10.9. The molecule has 1 aromatic carbocycles. The number of carbonyl (C=O) groups excluding carboxylic acids is 2. The molecule has 0 aliphatic rings. The van der Waals surface area contributed by atoms with E-state index in [0.29, 0.717) is 40.4 Å². The first-order valence-electron chi connectivity index (χ1n) is 9.09. The maximum Gasteiger partial charge on any atom is 0.262 e. The predicted octanol–water partition coefficient (Wildman–Crippen LogP) is 3.30. The summed E-state index contributed by atoms with van der Waals surface area (Å²) in [5.74, 6) is 0.106. The van der Waals surface area contributed by atoms with Gasteiger partial charge in [0.15, 0.2) is 10.9 Å². The Balaban J connectivity index is 1.73. The summed E-state index contributed by atoms with van der Waals surface area (Å²) < 4.78 is 1.54. The number of fused-ring (bicyclic) bond motifs is 1. The van der Waals surface area contributed by atoms with Gasteiger partial charge in [-0.1, -0.05) is 30.0 Å². The largest absolute Gasteiger partial charge is 0.356 e. The fourth-order valence-corrected chi connectivity index (χ4v) is 4.70. The van der Waals surface area contributed by atoms with Gasteiger partial charge in [-0.15, -0.1) is 17.9 Å². The Bertz CT molecular complexity index is 1120. The summed E-state index contributed by atoms with van der Waals surface area (Å²) in [5.41, 5.74) is 0.478. The smallest absolute Gasteiger partial charge is 0.262 e. The van der Waals surface area contributed by atoms with Gasteiger partial charge in [0, 0.05) is 24.9 Å². The molecule has 0 aliphatic carbocycles. The number of hydrogen-bond donors (Lipinski definition) is 1. The summed E-state index contributed by atoms with van der Waals surface area (Å²) in [5, 5.41) is 3.80. The zero-order valence-electron chi connectivity index (χ0n) is 16.0. The van der Waals surface area contributed by atoms with Crippen LogP contribution in [0.3, 0.4) is 0 Å². The Morgan fingerprint density at radius 1 is 1.28 bits per heavy atom. The maximum atomic E-state index is 12.8. The first-order valence-corrected chi connectivity index (χ1v) is 10.9. The first kappa shape index (κ1) is 21.0. The topological polar surface area (TPSA) is 81.1 Å². The molecular formula is C21H21N3O3S2. The summed E-state index contributed by atoms with van der Waals surface area (Å²) in [6.07, 6.45) is 2.33. The number of amides is 1. The Morgan fingerprint density at radius 2 is 2.07 bits per heavy atom. The van der Waals surface area contributed by atoms with Crippen molar-refractivity contribution in [1.29, 1.82) is 0 Å². The van der Waals surface area contributed by atoms with Crippen molar-refractivity contribution in [3.05, 3.63) is 69.2 Å². The summed E-state index contributed by atoms with van der Waals surface area (Å²) in [6.45, 7) is 6.07. The van der Waals surface area contributed by atoms with E-state index in [0.717, 1.165) is 4.88 Å². The zero-order chi connectivity index (χ0) is 20.8. The van der Waals surface area contributed by atoms with Gasteiger partial charge in [-0.3, -0.25) is 19.0 Å². The van der Waals surface area contributed by atoms with E-state index < -0.39 is 0 Å². The van der Waals surface area contributed by atoms with Gasteiger partial charge in [0.2, 0.25) is 5.91 Å². The summed E-state index contributed by atoms with van der Waals surface area (Å²) in [7, 11) is 0. The molecule has 0 fully saturated rings. The third kappa shape index (κ3) is 5.21. The molecule has 1 amide bonds. The molecule has 0 atom stereocenters. The second-order valence-corrected chi connectivity index (χ2v) is 8.44. The molecule has 0 aliphatic heterocycles. The molecule has 29 heavy (non-hydrogen) atoms. The monoisotopic (exact) mass is 427 g/mol. The predicted molar refractivity (Wildman–Crippen MR) is 118 cm³/mol. The van der Waals surface area contributed by atoms with Gasteiger partial charge in [-0.05, 0) is 30.7 Å². The second kappa shape index (κ2) is 9.67. The van der Waals surface area contributed by atoms with Crippen molar-refractivity contribution in [3.8, 4) is 0 Å². The fraction of sp³-hybridized carbons (Fsp3) is 0.238. The molecule has 0 unspecified atom stereocenters. The molecule has 3 rings (SSSR count). The summed E-state index contributed by atoms with van der Waals surface area (Å²) >= 11 is 2.68. The number of thioether (sulfide) groups is 1. The Kier molecular flexibility index (Phi) is 7.00. The highest BCUT2D eigenvalue weighted by atomic mass is 32.2. The van der Waals surface area contributed by atoms with E-state index in [4.69, 9.17) is 0 Å². The highest BCUT2D eigenvalue weighted by Crippen LogP contribution is 2.22. The molecule has 0 bridgehead atoms. The first-order chi connectivity index (χ1) is 14.0. The number of para-hydroxylation sites is 1. The number of ketones is 1. The van der Waals surface area contributed by atoms with Crippen LogP contribution in [0.1, 0.15) is 21.5 Å². The Labute approximate surface area is 176 Å². The highest BCUT2D eigenvalue weighted by molar-refractivity contribution is 7.99. The minimum Gasteiger partial charge on any atom is -0.356 e. The van der Waals surface area contributed by atoms with E-state index in [-0.39, 0.29) is 23.0 Å². The van der Waals surface area contributed by atoms with Crippen molar-refractivity contribution in [2.24, 2.45) is 0 Å². The molecule has 8 heteroatoms. The lowest BCUT2D eigenvalue weighted by Gasteiger charge is -2.10. The average Bonchev–Trinajstić information content (AvgIpc) is 3.17. The summed E-state index contributed by atoms with van der Waals surface area (Å²) in [4.78, 5) is 42.6. The van der Waals surface area contributed by atoms with Gasteiger partial charge >= 0.3 is 0 Å². The third-order valence-electron chi connectivity index (χ3n) is 4.15. The van der Waals surface area contributed by atoms with Crippen LogP contribution < -0.4 is 10.9 Å². The van der Waals surface area contributed by atoms with Gasteiger partial charge < -0.3 is 5.32 Å². The van der Waals surface area contributed by atoms with Gasteiger partial charge in [0.1, 0.15) is 0 Å². The van der Waals surface area contributed by atoms with E-state index in [1.54, 1.807) is 34.9 Å². The van der Waals surface area contributed by atoms with Crippen LogP contribution in [0.4, 0.5) is 0 Å². The van der Waals surface area contributed by atoms with Crippen molar-refractivity contribution < 1.29 is 9.59 Å². The number of allylic oxidation sites excluding steroid dienone is 1. The van der Waals surface area contributed by atoms with Gasteiger partial charge in [-0.2, -0.15) is 0 Å². The lowest BCUT2D eigenvalue weighted by molar-refractivity contribution is -0.118. The second-order valence-electron chi connectivity index (χ2n) is 6.33. The fourth-order valence-electron chi connectivity index (χ4n) is 2.77. The molecular weight excluding hydrogens is 406 g/mol. The van der Waals surface area contributed by atoms with E-state index in [9.17, 15) is 14.4 Å². The van der Waals surface area contributed by atoms with E-state index in [1.165, 1.54) is 30.0 Å². The van der Waals surface area contributed by atoms with Crippen molar-refractivity contribution >= 4 is 45.7 Å². The van der Waals surface area contributed by atoms with Crippen LogP contribution in [-0.4, -0.2) is 33.5 Å². The minimum absolute atomic E-state index is 0.0154.